The summed E-state index contributed by atoms with van der Waals surface area (Å²) in [6, 6.07) is 5.47. The van der Waals surface area contributed by atoms with Gasteiger partial charge in [0.05, 0.1) is 22.0 Å². The van der Waals surface area contributed by atoms with Crippen LogP contribution < -0.4 is 4.74 Å². The van der Waals surface area contributed by atoms with Crippen molar-refractivity contribution in [1.29, 1.82) is 0 Å². The molecule has 0 bridgehead atoms. The van der Waals surface area contributed by atoms with Crippen LogP contribution in [0.25, 0.3) is 0 Å². The van der Waals surface area contributed by atoms with Gasteiger partial charge in [0, 0.05) is 7.05 Å². The Morgan fingerprint density at radius 1 is 1.45 bits per heavy atom. The van der Waals surface area contributed by atoms with Crippen LogP contribution in [0.15, 0.2) is 18.2 Å². The molecule has 0 fully saturated rings. The number of aromatic nitrogens is 2. The first kappa shape index (κ1) is 14.6. The molecule has 0 unspecified atom stereocenters. The zero-order chi connectivity index (χ0) is 14.7. The van der Waals surface area contributed by atoms with Crippen LogP contribution in [0.2, 0.25) is 5.02 Å². The van der Waals surface area contributed by atoms with Crippen molar-refractivity contribution < 1.29 is 9.53 Å². The first-order valence-electron chi connectivity index (χ1n) is 6.46. The van der Waals surface area contributed by atoms with E-state index < -0.39 is 0 Å². The Morgan fingerprint density at radius 3 is 2.80 bits per heavy atom. The first-order valence-corrected chi connectivity index (χ1v) is 6.84. The summed E-state index contributed by atoms with van der Waals surface area (Å²) >= 11 is 6.28. The third kappa shape index (κ3) is 2.70. The highest BCUT2D eigenvalue weighted by Crippen LogP contribution is 2.26. The minimum atomic E-state index is 0.286. The molecule has 0 aliphatic heterocycles. The Bertz CT molecular complexity index is 635. The fourth-order valence-electron chi connectivity index (χ4n) is 2.08. The third-order valence-corrected chi connectivity index (χ3v) is 3.66. The molecule has 20 heavy (non-hydrogen) atoms. The number of aryl methyl sites for hydroxylation is 3. The summed E-state index contributed by atoms with van der Waals surface area (Å²) in [5.74, 6) is 0.595. The Kier molecular flexibility index (Phi) is 4.45. The predicted molar refractivity (Wildman–Crippen MR) is 78.5 cm³/mol. The van der Waals surface area contributed by atoms with Crippen molar-refractivity contribution in [3.05, 3.63) is 45.7 Å². The monoisotopic (exact) mass is 292 g/mol. The molecule has 5 heteroatoms. The van der Waals surface area contributed by atoms with Crippen LogP contribution in [0, 0.1) is 6.92 Å². The molecule has 0 amide bonds. The summed E-state index contributed by atoms with van der Waals surface area (Å²) in [4.78, 5) is 11.1. The number of hydrogen-bond acceptors (Lipinski definition) is 3. The normalized spacial score (nSPS) is 10.6. The standard InChI is InChI=1S/C15H17ClN2O2/c1-4-12-14(16)13(18(3)17-12)9-20-15-10(2)6-5-7-11(15)8-19/h5-8H,4,9H2,1-3H3. The number of rotatable bonds is 5. The van der Waals surface area contributed by atoms with Crippen molar-refractivity contribution in [3.8, 4) is 5.75 Å². The number of halogens is 1. The molecule has 106 valence electrons. The highest BCUT2D eigenvalue weighted by molar-refractivity contribution is 6.31. The van der Waals surface area contributed by atoms with E-state index in [2.05, 4.69) is 5.10 Å². The van der Waals surface area contributed by atoms with Gasteiger partial charge in [-0.25, -0.2) is 0 Å². The van der Waals surface area contributed by atoms with Gasteiger partial charge in [-0.2, -0.15) is 5.10 Å². The minimum Gasteiger partial charge on any atom is -0.486 e. The lowest BCUT2D eigenvalue weighted by Gasteiger charge is -2.11. The molecule has 0 atom stereocenters. The van der Waals surface area contributed by atoms with E-state index in [1.54, 1.807) is 10.7 Å². The van der Waals surface area contributed by atoms with E-state index in [-0.39, 0.29) is 6.61 Å². The summed E-state index contributed by atoms with van der Waals surface area (Å²) in [7, 11) is 1.84. The molecule has 0 aliphatic carbocycles. The van der Waals surface area contributed by atoms with E-state index in [9.17, 15) is 4.79 Å². The van der Waals surface area contributed by atoms with Crippen LogP contribution in [-0.4, -0.2) is 16.1 Å². The molecule has 0 spiro atoms. The Balaban J connectivity index is 2.26. The molecule has 2 aromatic rings. The van der Waals surface area contributed by atoms with Crippen LogP contribution in [0.3, 0.4) is 0 Å². The largest absolute Gasteiger partial charge is 0.486 e. The number of carbonyl (C=O) groups is 1. The van der Waals surface area contributed by atoms with Gasteiger partial charge >= 0.3 is 0 Å². The molecule has 1 heterocycles. The van der Waals surface area contributed by atoms with Crippen molar-refractivity contribution in [2.45, 2.75) is 26.9 Å². The summed E-state index contributed by atoms with van der Waals surface area (Å²) in [6.07, 6.45) is 1.57. The lowest BCUT2D eigenvalue weighted by Crippen LogP contribution is -2.05. The maximum absolute atomic E-state index is 11.1. The van der Waals surface area contributed by atoms with E-state index in [1.807, 2.05) is 33.0 Å². The summed E-state index contributed by atoms with van der Waals surface area (Å²) in [5, 5.41) is 4.98. The highest BCUT2D eigenvalue weighted by atomic mass is 35.5. The first-order chi connectivity index (χ1) is 9.58. The topological polar surface area (TPSA) is 44.1 Å². The van der Waals surface area contributed by atoms with Gasteiger partial charge in [0.2, 0.25) is 0 Å². The van der Waals surface area contributed by atoms with Gasteiger partial charge in [-0.1, -0.05) is 30.7 Å². The SMILES string of the molecule is CCc1nn(C)c(COc2c(C)cccc2C=O)c1Cl. The van der Waals surface area contributed by atoms with Gasteiger partial charge in [-0.15, -0.1) is 0 Å². The fourth-order valence-corrected chi connectivity index (χ4v) is 2.43. The zero-order valence-electron chi connectivity index (χ0n) is 11.8. The smallest absolute Gasteiger partial charge is 0.153 e. The van der Waals surface area contributed by atoms with Crippen LogP contribution in [0.5, 0.6) is 5.75 Å². The van der Waals surface area contributed by atoms with Gasteiger partial charge < -0.3 is 4.74 Å². The number of para-hydroxylation sites is 1. The number of benzene rings is 1. The molecular weight excluding hydrogens is 276 g/mol. The summed E-state index contributed by atoms with van der Waals surface area (Å²) < 4.78 is 7.51. The average Bonchev–Trinajstić information content (AvgIpc) is 2.72. The van der Waals surface area contributed by atoms with Crippen molar-refractivity contribution in [2.24, 2.45) is 7.05 Å². The zero-order valence-corrected chi connectivity index (χ0v) is 12.6. The second-order valence-electron chi connectivity index (χ2n) is 4.58. The number of nitrogens with zero attached hydrogens (tertiary/aromatic N) is 2. The maximum Gasteiger partial charge on any atom is 0.153 e. The third-order valence-electron chi connectivity index (χ3n) is 3.23. The quantitative estimate of drug-likeness (QED) is 0.794. The Hall–Kier alpha value is -1.81. The Labute approximate surface area is 123 Å². The second-order valence-corrected chi connectivity index (χ2v) is 4.96. The summed E-state index contributed by atoms with van der Waals surface area (Å²) in [5.41, 5.74) is 3.12. The second kappa shape index (κ2) is 6.09. The molecule has 0 saturated heterocycles. The van der Waals surface area contributed by atoms with Crippen molar-refractivity contribution >= 4 is 17.9 Å². The number of hydrogen-bond donors (Lipinski definition) is 0. The van der Waals surface area contributed by atoms with E-state index >= 15 is 0 Å². The molecule has 0 aliphatic rings. The predicted octanol–water partition coefficient (Wildman–Crippen LogP) is 3.34. The van der Waals surface area contributed by atoms with E-state index in [0.29, 0.717) is 16.3 Å². The average molecular weight is 293 g/mol. The van der Waals surface area contributed by atoms with Gasteiger partial charge in [0.15, 0.2) is 6.29 Å². The molecule has 1 aromatic heterocycles. The van der Waals surface area contributed by atoms with Crippen LogP contribution in [0.4, 0.5) is 0 Å². The molecule has 0 radical (unpaired) electrons. The fraction of sp³-hybridized carbons (Fsp3) is 0.333. The highest BCUT2D eigenvalue weighted by Gasteiger charge is 2.14. The number of ether oxygens (including phenoxy) is 1. The molecule has 4 nitrogen and oxygen atoms in total. The van der Waals surface area contributed by atoms with E-state index in [4.69, 9.17) is 16.3 Å². The summed E-state index contributed by atoms with van der Waals surface area (Å²) in [6.45, 7) is 4.20. The molecule has 2 rings (SSSR count). The molecule has 0 N–H and O–H groups in total. The van der Waals surface area contributed by atoms with Crippen molar-refractivity contribution in [2.75, 3.05) is 0 Å². The van der Waals surface area contributed by atoms with Gasteiger partial charge in [0.1, 0.15) is 12.4 Å². The molecule has 0 saturated carbocycles. The maximum atomic E-state index is 11.1. The van der Waals surface area contributed by atoms with Crippen LogP contribution in [-0.2, 0) is 20.1 Å². The van der Waals surface area contributed by atoms with Crippen molar-refractivity contribution in [3.63, 3.8) is 0 Å². The Morgan fingerprint density at radius 2 is 2.20 bits per heavy atom. The lowest BCUT2D eigenvalue weighted by atomic mass is 10.1. The molecule has 1 aromatic carbocycles. The van der Waals surface area contributed by atoms with Crippen LogP contribution in [0.1, 0.15) is 34.2 Å². The van der Waals surface area contributed by atoms with Gasteiger partial charge in [-0.3, -0.25) is 9.48 Å². The number of aldehydes is 1. The molecular formula is C15H17ClN2O2. The van der Waals surface area contributed by atoms with Gasteiger partial charge in [-0.05, 0) is 25.0 Å². The van der Waals surface area contributed by atoms with Gasteiger partial charge in [0.25, 0.3) is 0 Å². The van der Waals surface area contributed by atoms with Crippen LogP contribution >= 0.6 is 11.6 Å². The lowest BCUT2D eigenvalue weighted by molar-refractivity contribution is 0.111. The van der Waals surface area contributed by atoms with Crippen molar-refractivity contribution in [1.82, 2.24) is 9.78 Å². The van der Waals surface area contributed by atoms with E-state index in [0.717, 1.165) is 29.7 Å². The number of carbonyl (C=O) groups excluding carboxylic acids is 1. The van der Waals surface area contributed by atoms with E-state index in [1.165, 1.54) is 0 Å². The minimum absolute atomic E-state index is 0.286.